The molecule has 9 nitrogen and oxygen atoms in total. The van der Waals surface area contributed by atoms with Crippen molar-refractivity contribution < 1.29 is 42.0 Å². The van der Waals surface area contributed by atoms with Crippen LogP contribution in [-0.2, 0) is 36.9 Å². The van der Waals surface area contributed by atoms with Crippen molar-refractivity contribution in [3.8, 4) is 0 Å². The van der Waals surface area contributed by atoms with Gasteiger partial charge in [-0.1, -0.05) is 6.42 Å². The number of carbonyl (C=O) groups is 5. The second-order valence-electron chi connectivity index (χ2n) is 8.97. The van der Waals surface area contributed by atoms with Crippen molar-refractivity contribution in [2.24, 2.45) is 0 Å². The molecule has 0 amide bonds. The summed E-state index contributed by atoms with van der Waals surface area (Å²) in [6, 6.07) is 0.965. The maximum Gasteiger partial charge on any atom is 0.314 e. The van der Waals surface area contributed by atoms with Crippen LogP contribution in [0.15, 0.2) is 0 Å². The second-order valence-corrected chi connectivity index (χ2v) is 21.8. The molecule has 0 heterocycles. The minimum absolute atomic E-state index is 0.0888. The Balaban J connectivity index is -0.000000156. The molecule has 0 aliphatic heterocycles. The van der Waals surface area contributed by atoms with Gasteiger partial charge in [0.05, 0.1) is 13.2 Å². The molecule has 0 aromatic carbocycles. The van der Waals surface area contributed by atoms with Gasteiger partial charge in [-0.3, -0.25) is 0 Å². The maximum atomic E-state index is 9.77. The highest BCUT2D eigenvalue weighted by Gasteiger charge is 2.39. The van der Waals surface area contributed by atoms with Gasteiger partial charge in [0.25, 0.3) is 0 Å². The summed E-state index contributed by atoms with van der Waals surface area (Å²) in [7, 11) is -5.28. The summed E-state index contributed by atoms with van der Waals surface area (Å²) in [5, 5.41) is 8.68. The molecule has 204 valence electrons. The summed E-state index contributed by atoms with van der Waals surface area (Å²) in [5.74, 6) is 0. The van der Waals surface area contributed by atoms with Crippen molar-refractivity contribution in [1.82, 2.24) is 0 Å². The summed E-state index contributed by atoms with van der Waals surface area (Å²) < 4.78 is 18.1. The number of rotatable bonds is 16. The minimum atomic E-state index is -2.10. The van der Waals surface area contributed by atoms with Crippen LogP contribution in [0, 0.1) is 0 Å². The van der Waals surface area contributed by atoms with Crippen molar-refractivity contribution in [3.05, 3.63) is 0 Å². The predicted octanol–water partition coefficient (Wildman–Crippen LogP) is 3.94. The van der Waals surface area contributed by atoms with Gasteiger partial charge in [-0.25, -0.2) is 0 Å². The molecule has 0 aliphatic carbocycles. The Labute approximate surface area is 210 Å². The molecule has 0 saturated carbocycles. The van der Waals surface area contributed by atoms with Gasteiger partial charge < -0.3 is 42.0 Å². The molecule has 0 bridgehead atoms. The van der Waals surface area contributed by atoms with Gasteiger partial charge in [0.2, 0.25) is 0 Å². The highest BCUT2D eigenvalue weighted by Crippen LogP contribution is 2.25. The average Bonchev–Trinajstić information content (AvgIpc) is 2.75. The van der Waals surface area contributed by atoms with Gasteiger partial charge in [-0.2, -0.15) is 0 Å². The topological polar surface area (TPSA) is 133 Å². The van der Waals surface area contributed by atoms with Crippen LogP contribution in [0.4, 0.5) is 0 Å². The Hall–Kier alpha value is -1.16. The van der Waals surface area contributed by atoms with Crippen LogP contribution in [0.1, 0.15) is 38.5 Å². The monoisotopic (exact) mass is 542 g/mol. The molecule has 0 spiro atoms. The van der Waals surface area contributed by atoms with Crippen molar-refractivity contribution in [2.75, 3.05) is 19.8 Å². The summed E-state index contributed by atoms with van der Waals surface area (Å²) in [6.45, 7) is 22.7. The first-order chi connectivity index (χ1) is 15.9. The first-order valence-electron chi connectivity index (χ1n) is 11.2. The van der Waals surface area contributed by atoms with Gasteiger partial charge in [0, 0.05) is 19.4 Å². The van der Waals surface area contributed by atoms with Gasteiger partial charge in [-0.15, -0.1) is 0 Å². The number of aliphatic hydroxyl groups is 1. The summed E-state index contributed by atoms with van der Waals surface area (Å²) >= 11 is 0. The fourth-order valence-corrected chi connectivity index (χ4v) is 15.2. The van der Waals surface area contributed by atoms with E-state index < -0.39 is 25.2 Å². The lowest BCUT2D eigenvalue weighted by Gasteiger charge is -2.38. The fourth-order valence-electron chi connectivity index (χ4n) is 2.71. The van der Waals surface area contributed by atoms with Gasteiger partial charge in [-0.05, 0) is 71.1 Å². The zero-order valence-corrected chi connectivity index (χ0v) is 25.6. The number of hydrogen-bond acceptors (Lipinski definition) is 9. The van der Waals surface area contributed by atoms with Crippen LogP contribution in [-0.4, -0.2) is 83.1 Å². The molecule has 0 aromatic rings. The third kappa shape index (κ3) is 44.5. The zero-order chi connectivity index (χ0) is 28.1. The van der Waals surface area contributed by atoms with Gasteiger partial charge in [0.1, 0.15) is 32.9 Å². The molecule has 34 heavy (non-hydrogen) atoms. The van der Waals surface area contributed by atoms with E-state index >= 15 is 0 Å². The van der Waals surface area contributed by atoms with Crippen LogP contribution < -0.4 is 0 Å². The largest absolute Gasteiger partial charge is 0.437 e. The molecule has 1 N–H and O–H groups in total. The SMILES string of the molecule is C=O.C=O.C=O.C[Si](C)(C)O[Si](C)(CCCOCCO)O[Si](C)(C)C.O=CCCCCCC=O. The number of unbranched alkanes of at least 4 members (excludes halogenated alkanes) is 4. The lowest BCUT2D eigenvalue weighted by Crippen LogP contribution is -2.52. The second kappa shape index (κ2) is 29.9. The number of aliphatic hydroxyl groups excluding tert-OH is 1. The van der Waals surface area contributed by atoms with E-state index in [1.165, 1.54) is 0 Å². The highest BCUT2D eigenvalue weighted by molar-refractivity contribution is 6.87. The first-order valence-corrected chi connectivity index (χ1v) is 20.6. The standard InChI is InChI=1S/C12H32O4Si3.C7H12O2.3CH2O/c1-17(2,3)15-19(7,16-18(4,5)6)12-8-10-14-11-9-13;8-6-4-2-1-3-5-7-9;3*1-2/h13H,8-12H2,1-7H3;6-7H,1-5H2;3*1H2. The third-order valence-corrected chi connectivity index (χ3v) is 13.0. The van der Waals surface area contributed by atoms with E-state index in [1.807, 2.05) is 20.4 Å². The molecule has 12 heteroatoms. The molecule has 0 rings (SSSR count). The van der Waals surface area contributed by atoms with E-state index in [-0.39, 0.29) is 6.61 Å². The molecular formula is C22H50O9Si3. The molecule has 0 aromatic heterocycles. The van der Waals surface area contributed by atoms with Gasteiger partial charge in [0.15, 0.2) is 16.6 Å². The molecule has 0 saturated heterocycles. The normalized spacial score (nSPS) is 10.5. The number of aldehydes is 2. The van der Waals surface area contributed by atoms with E-state index in [4.69, 9.17) is 32.5 Å². The first kappa shape index (κ1) is 43.0. The Kier molecular flexibility index (Phi) is 37.7. The summed E-state index contributed by atoms with van der Waals surface area (Å²) in [5.41, 5.74) is 0. The van der Waals surface area contributed by atoms with Crippen LogP contribution >= 0.6 is 0 Å². The number of hydrogen-bond donors (Lipinski definition) is 1. The predicted molar refractivity (Wildman–Crippen MR) is 144 cm³/mol. The summed E-state index contributed by atoms with van der Waals surface area (Å²) in [6.07, 6.45) is 6.91. The van der Waals surface area contributed by atoms with Crippen molar-refractivity contribution in [1.29, 1.82) is 0 Å². The Morgan fingerprint density at radius 1 is 0.647 bits per heavy atom. The smallest absolute Gasteiger partial charge is 0.314 e. The lowest BCUT2D eigenvalue weighted by atomic mass is 10.2. The van der Waals surface area contributed by atoms with Crippen LogP contribution in [0.25, 0.3) is 0 Å². The zero-order valence-electron chi connectivity index (χ0n) is 22.6. The quantitative estimate of drug-likeness (QED) is 0.175. The van der Waals surface area contributed by atoms with E-state index in [1.54, 1.807) is 0 Å². The van der Waals surface area contributed by atoms with Crippen LogP contribution in [0.5, 0.6) is 0 Å². The Morgan fingerprint density at radius 3 is 1.32 bits per heavy atom. The molecule has 0 aliphatic rings. The van der Waals surface area contributed by atoms with E-state index in [9.17, 15) is 9.59 Å². The maximum absolute atomic E-state index is 9.77. The molecular weight excluding hydrogens is 492 g/mol. The third-order valence-electron chi connectivity index (χ3n) is 3.34. The van der Waals surface area contributed by atoms with E-state index in [2.05, 4.69) is 45.8 Å². The summed E-state index contributed by atoms with van der Waals surface area (Å²) in [4.78, 5) is 43.5. The van der Waals surface area contributed by atoms with Crippen molar-refractivity contribution >= 4 is 58.1 Å². The number of ether oxygens (including phenoxy) is 1. The van der Waals surface area contributed by atoms with E-state index in [0.717, 1.165) is 44.3 Å². The van der Waals surface area contributed by atoms with Crippen molar-refractivity contribution in [3.63, 3.8) is 0 Å². The average molecular weight is 543 g/mol. The molecule has 0 radical (unpaired) electrons. The van der Waals surface area contributed by atoms with Crippen molar-refractivity contribution in [2.45, 2.75) is 90.4 Å². The van der Waals surface area contributed by atoms with E-state index in [0.29, 0.717) is 26.1 Å². The number of carbonyl (C=O) groups excluding carboxylic acids is 5. The van der Waals surface area contributed by atoms with Gasteiger partial charge >= 0.3 is 8.56 Å². The molecule has 0 atom stereocenters. The lowest BCUT2D eigenvalue weighted by molar-refractivity contribution is -0.108. The Morgan fingerprint density at radius 2 is 1.03 bits per heavy atom. The molecule has 0 unspecified atom stereocenters. The fraction of sp³-hybridized carbons (Fsp3) is 0.773. The molecule has 0 fully saturated rings. The van der Waals surface area contributed by atoms with Crippen LogP contribution in [0.2, 0.25) is 51.9 Å². The minimum Gasteiger partial charge on any atom is -0.437 e. The highest BCUT2D eigenvalue weighted by atomic mass is 28.5. The Bertz CT molecular complexity index is 412. The van der Waals surface area contributed by atoms with Crippen LogP contribution in [0.3, 0.4) is 0 Å².